The maximum absolute atomic E-state index is 13.2. The van der Waals surface area contributed by atoms with Crippen LogP contribution in [0.15, 0.2) is 52.1 Å². The molecule has 6 heteroatoms. The lowest BCUT2D eigenvalue weighted by molar-refractivity contribution is 0.0947. The number of nitrogens with one attached hydrogen (secondary N) is 1. The standard InChI is InChI=1S/C25H28N2O3S/c1-25(2,3)17-8-11-20-21(13-17)31-24(27-14-16-6-9-18(28)10-7-16)22(20)23(29)26-15-19-5-4-12-30-19/h4-7,9-10,12,14,17,28H,8,11,13,15H2,1-3H3,(H,26,29)/t17-/m1/s1. The summed E-state index contributed by atoms with van der Waals surface area (Å²) in [5.74, 6) is 1.42. The normalized spacial score (nSPS) is 16.4. The van der Waals surface area contributed by atoms with Gasteiger partial charge in [0.15, 0.2) is 0 Å². The third kappa shape index (κ3) is 4.90. The lowest BCUT2D eigenvalue weighted by Gasteiger charge is -2.33. The number of nitrogens with zero attached hydrogens (tertiary/aromatic N) is 1. The van der Waals surface area contributed by atoms with Crippen molar-refractivity contribution in [2.75, 3.05) is 0 Å². The lowest BCUT2D eigenvalue weighted by atomic mass is 9.72. The molecule has 1 amide bonds. The molecule has 0 saturated heterocycles. The van der Waals surface area contributed by atoms with Crippen molar-refractivity contribution in [2.24, 2.45) is 16.3 Å². The fourth-order valence-electron chi connectivity index (χ4n) is 4.00. The van der Waals surface area contributed by atoms with Crippen LogP contribution in [0.3, 0.4) is 0 Å². The second-order valence-electron chi connectivity index (χ2n) is 9.10. The van der Waals surface area contributed by atoms with Crippen molar-refractivity contribution in [1.29, 1.82) is 0 Å². The minimum absolute atomic E-state index is 0.110. The highest BCUT2D eigenvalue weighted by Crippen LogP contribution is 2.45. The molecule has 0 aliphatic heterocycles. The summed E-state index contributed by atoms with van der Waals surface area (Å²) in [5.41, 5.74) is 2.94. The Hall–Kier alpha value is -2.86. The van der Waals surface area contributed by atoms with E-state index in [0.29, 0.717) is 18.0 Å². The van der Waals surface area contributed by atoms with E-state index in [2.05, 4.69) is 26.1 Å². The monoisotopic (exact) mass is 436 g/mol. The number of hydrogen-bond acceptors (Lipinski definition) is 5. The number of phenols is 1. The molecule has 1 aromatic carbocycles. The molecule has 31 heavy (non-hydrogen) atoms. The second-order valence-corrected chi connectivity index (χ2v) is 10.2. The molecule has 1 aliphatic rings. The fraction of sp³-hybridized carbons (Fsp3) is 0.360. The Balaban J connectivity index is 1.64. The number of aliphatic imine (C=N–C) groups is 1. The number of carbonyl (C=O) groups is 1. The highest BCUT2D eigenvalue weighted by Gasteiger charge is 2.33. The van der Waals surface area contributed by atoms with Crippen LogP contribution < -0.4 is 5.32 Å². The maximum atomic E-state index is 13.2. The molecule has 2 aromatic heterocycles. The number of thiophene rings is 1. The summed E-state index contributed by atoms with van der Waals surface area (Å²) >= 11 is 1.62. The number of phenolic OH excluding ortho intramolecular Hbond substituents is 1. The average molecular weight is 437 g/mol. The van der Waals surface area contributed by atoms with Crippen molar-refractivity contribution in [1.82, 2.24) is 5.32 Å². The van der Waals surface area contributed by atoms with Gasteiger partial charge in [-0.1, -0.05) is 20.8 Å². The van der Waals surface area contributed by atoms with Crippen LogP contribution in [-0.4, -0.2) is 17.2 Å². The first-order chi connectivity index (χ1) is 14.8. The van der Waals surface area contributed by atoms with Crippen molar-refractivity contribution in [3.8, 4) is 5.75 Å². The summed E-state index contributed by atoms with van der Waals surface area (Å²) in [6.07, 6.45) is 6.31. The first-order valence-corrected chi connectivity index (χ1v) is 11.4. The van der Waals surface area contributed by atoms with E-state index in [0.717, 1.165) is 41.2 Å². The van der Waals surface area contributed by atoms with Gasteiger partial charge < -0.3 is 14.8 Å². The number of aromatic hydroxyl groups is 1. The highest BCUT2D eigenvalue weighted by atomic mass is 32.1. The second kappa shape index (κ2) is 8.71. The molecule has 2 N–H and O–H groups in total. The third-order valence-electron chi connectivity index (χ3n) is 5.93. The Morgan fingerprint density at radius 3 is 2.74 bits per heavy atom. The largest absolute Gasteiger partial charge is 0.508 e. The van der Waals surface area contributed by atoms with Gasteiger partial charge in [0.1, 0.15) is 16.5 Å². The molecule has 0 unspecified atom stereocenters. The van der Waals surface area contributed by atoms with E-state index in [4.69, 9.17) is 9.41 Å². The number of hydrogen-bond donors (Lipinski definition) is 2. The van der Waals surface area contributed by atoms with Gasteiger partial charge in [-0.25, -0.2) is 4.99 Å². The van der Waals surface area contributed by atoms with Gasteiger partial charge >= 0.3 is 0 Å². The van der Waals surface area contributed by atoms with Crippen LogP contribution in [0.4, 0.5) is 5.00 Å². The zero-order valence-corrected chi connectivity index (χ0v) is 19.0. The van der Waals surface area contributed by atoms with Gasteiger partial charge in [-0.15, -0.1) is 11.3 Å². The molecular formula is C25H28N2O3S. The first kappa shape index (κ1) is 21.4. The Labute approximate surface area is 186 Å². The van der Waals surface area contributed by atoms with Crippen LogP contribution >= 0.6 is 11.3 Å². The molecule has 0 spiro atoms. The summed E-state index contributed by atoms with van der Waals surface area (Å²) < 4.78 is 5.35. The van der Waals surface area contributed by atoms with Crippen LogP contribution in [0.2, 0.25) is 0 Å². The summed E-state index contributed by atoms with van der Waals surface area (Å²) in [6.45, 7) is 7.22. The van der Waals surface area contributed by atoms with Gasteiger partial charge in [-0.05, 0) is 78.1 Å². The Kier molecular flexibility index (Phi) is 6.01. The van der Waals surface area contributed by atoms with Crippen LogP contribution in [0.1, 0.15) is 59.3 Å². The SMILES string of the molecule is CC(C)(C)[C@@H]1CCc2c(sc(N=Cc3ccc(O)cc3)c2C(=O)NCc2ccco2)C1. The van der Waals surface area contributed by atoms with Gasteiger partial charge in [0.2, 0.25) is 0 Å². The topological polar surface area (TPSA) is 74.8 Å². The zero-order valence-electron chi connectivity index (χ0n) is 18.1. The maximum Gasteiger partial charge on any atom is 0.255 e. The summed E-state index contributed by atoms with van der Waals surface area (Å²) in [7, 11) is 0. The number of amides is 1. The molecule has 0 fully saturated rings. The van der Waals surface area contributed by atoms with Crippen LogP contribution in [0, 0.1) is 11.3 Å². The summed E-state index contributed by atoms with van der Waals surface area (Å²) in [4.78, 5) is 19.1. The lowest BCUT2D eigenvalue weighted by Crippen LogP contribution is -2.28. The van der Waals surface area contributed by atoms with Crippen molar-refractivity contribution < 1.29 is 14.3 Å². The van der Waals surface area contributed by atoms with Gasteiger partial charge in [-0.3, -0.25) is 4.79 Å². The molecule has 3 aromatic rings. The summed E-state index contributed by atoms with van der Waals surface area (Å²) in [5, 5.41) is 13.2. The van der Waals surface area contributed by atoms with E-state index < -0.39 is 0 Å². The van der Waals surface area contributed by atoms with Gasteiger partial charge in [0.05, 0.1) is 18.4 Å². The number of carbonyl (C=O) groups excluding carboxylic acids is 1. The van der Waals surface area contributed by atoms with E-state index in [9.17, 15) is 9.90 Å². The Morgan fingerprint density at radius 1 is 1.29 bits per heavy atom. The minimum Gasteiger partial charge on any atom is -0.508 e. The van der Waals surface area contributed by atoms with E-state index >= 15 is 0 Å². The van der Waals surface area contributed by atoms with Gasteiger partial charge in [-0.2, -0.15) is 0 Å². The van der Waals surface area contributed by atoms with Crippen molar-refractivity contribution in [3.63, 3.8) is 0 Å². The molecule has 4 rings (SSSR count). The number of rotatable bonds is 5. The molecule has 5 nitrogen and oxygen atoms in total. The molecule has 2 heterocycles. The van der Waals surface area contributed by atoms with Gasteiger partial charge in [0, 0.05) is 11.1 Å². The molecule has 0 radical (unpaired) electrons. The first-order valence-electron chi connectivity index (χ1n) is 10.6. The van der Waals surface area contributed by atoms with Crippen molar-refractivity contribution >= 4 is 28.5 Å². The summed E-state index contributed by atoms with van der Waals surface area (Å²) in [6, 6.07) is 10.5. The van der Waals surface area contributed by atoms with Gasteiger partial charge in [0.25, 0.3) is 5.91 Å². The Bertz CT molecular complexity index is 1070. The molecule has 162 valence electrons. The predicted octanol–water partition coefficient (Wildman–Crippen LogP) is 5.88. The van der Waals surface area contributed by atoms with E-state index in [1.807, 2.05) is 12.1 Å². The Morgan fingerprint density at radius 2 is 2.06 bits per heavy atom. The smallest absolute Gasteiger partial charge is 0.255 e. The molecule has 0 bridgehead atoms. The quantitative estimate of drug-likeness (QED) is 0.491. The molecule has 1 aliphatic carbocycles. The average Bonchev–Trinajstić information content (AvgIpc) is 3.38. The van der Waals surface area contributed by atoms with Crippen molar-refractivity contribution in [2.45, 2.75) is 46.6 Å². The highest BCUT2D eigenvalue weighted by molar-refractivity contribution is 7.16. The third-order valence-corrected chi connectivity index (χ3v) is 7.09. The fourth-order valence-corrected chi connectivity index (χ4v) is 5.27. The zero-order chi connectivity index (χ0) is 22.0. The van der Waals surface area contributed by atoms with E-state index in [1.54, 1.807) is 48.1 Å². The van der Waals surface area contributed by atoms with Crippen molar-refractivity contribution in [3.05, 3.63) is 70.0 Å². The van der Waals surface area contributed by atoms with Crippen LogP contribution in [-0.2, 0) is 19.4 Å². The minimum atomic E-state index is -0.110. The predicted molar refractivity (Wildman–Crippen MR) is 125 cm³/mol. The van der Waals surface area contributed by atoms with Crippen LogP contribution in [0.25, 0.3) is 0 Å². The molecule has 1 atom stereocenters. The number of benzene rings is 1. The number of fused-ring (bicyclic) bond motifs is 1. The van der Waals surface area contributed by atoms with E-state index in [-0.39, 0.29) is 17.1 Å². The number of furan rings is 1. The van der Waals surface area contributed by atoms with Crippen LogP contribution in [0.5, 0.6) is 5.75 Å². The molecule has 0 saturated carbocycles. The van der Waals surface area contributed by atoms with E-state index in [1.165, 1.54) is 4.88 Å². The molecular weight excluding hydrogens is 408 g/mol.